The van der Waals surface area contributed by atoms with Gasteiger partial charge >= 0.3 is 0 Å². The third-order valence-corrected chi connectivity index (χ3v) is 9.57. The van der Waals surface area contributed by atoms with Gasteiger partial charge in [0.2, 0.25) is 11.8 Å². The Labute approximate surface area is 258 Å². The molecule has 0 saturated heterocycles. The summed E-state index contributed by atoms with van der Waals surface area (Å²) in [5.74, 6) is -0.233. The molecule has 0 aliphatic rings. The van der Waals surface area contributed by atoms with Crippen LogP contribution in [-0.4, -0.2) is 57.4 Å². The first-order chi connectivity index (χ1) is 20.0. The highest BCUT2D eigenvalue weighted by molar-refractivity contribution is 9.10. The van der Waals surface area contributed by atoms with E-state index in [-0.39, 0.29) is 23.4 Å². The molecular formula is C32H40BrN3O5S. The first-order valence-electron chi connectivity index (χ1n) is 14.1. The molecule has 3 rings (SSSR count). The minimum atomic E-state index is -4.19. The number of methoxy groups -OCH3 is 1. The number of ether oxygens (including phenoxy) is 1. The van der Waals surface area contributed by atoms with E-state index in [1.165, 1.54) is 24.1 Å². The number of carbonyl (C=O) groups is 2. The molecule has 0 aliphatic heterocycles. The van der Waals surface area contributed by atoms with Crippen LogP contribution in [0, 0.1) is 6.92 Å². The van der Waals surface area contributed by atoms with Crippen LogP contribution >= 0.6 is 15.9 Å². The Balaban J connectivity index is 2.03. The molecule has 10 heteroatoms. The molecule has 3 aromatic rings. The van der Waals surface area contributed by atoms with Crippen molar-refractivity contribution in [2.75, 3.05) is 24.5 Å². The fraction of sp³-hybridized carbons (Fsp3) is 0.375. The van der Waals surface area contributed by atoms with Crippen LogP contribution in [0.2, 0.25) is 0 Å². The number of nitrogens with one attached hydrogen (secondary N) is 1. The smallest absolute Gasteiger partial charge is 0.264 e. The van der Waals surface area contributed by atoms with E-state index < -0.39 is 28.5 Å². The zero-order valence-corrected chi connectivity index (χ0v) is 27.2. The number of hydrogen-bond donors (Lipinski definition) is 1. The Bertz CT molecular complexity index is 1450. The molecule has 3 aromatic carbocycles. The molecule has 8 nitrogen and oxygen atoms in total. The second-order valence-electron chi connectivity index (χ2n) is 10.2. The maximum Gasteiger partial charge on any atom is 0.264 e. The Morgan fingerprint density at radius 2 is 1.64 bits per heavy atom. The first kappa shape index (κ1) is 33.1. The molecule has 42 heavy (non-hydrogen) atoms. The van der Waals surface area contributed by atoms with Gasteiger partial charge in [0.25, 0.3) is 10.0 Å². The molecule has 0 aliphatic carbocycles. The van der Waals surface area contributed by atoms with Crippen molar-refractivity contribution in [2.24, 2.45) is 0 Å². The van der Waals surface area contributed by atoms with E-state index >= 15 is 0 Å². The predicted octanol–water partition coefficient (Wildman–Crippen LogP) is 5.73. The lowest BCUT2D eigenvalue weighted by atomic mass is 10.1. The van der Waals surface area contributed by atoms with Gasteiger partial charge in [-0.1, -0.05) is 61.9 Å². The van der Waals surface area contributed by atoms with Crippen LogP contribution in [0.15, 0.2) is 82.2 Å². The zero-order chi connectivity index (χ0) is 30.9. The standard InChI is InChI=1S/C32H40BrN3O5S/c1-6-24(4)34-32(38)29(7-2)35(20-19-25-11-9-8-10-12-25)31(37)22-36(26-15-13-23(3)14-16-26)42(39,40)27-17-18-30(41-5)28(33)21-27/h8-18,21,24,29H,6-7,19-20,22H2,1-5H3,(H,34,38)/t24-,29-/m0/s1. The third-order valence-electron chi connectivity index (χ3n) is 7.18. The van der Waals surface area contributed by atoms with Crippen molar-refractivity contribution < 1.29 is 22.7 Å². The monoisotopic (exact) mass is 657 g/mol. The van der Waals surface area contributed by atoms with Crippen molar-refractivity contribution in [3.8, 4) is 5.75 Å². The van der Waals surface area contributed by atoms with E-state index in [9.17, 15) is 18.0 Å². The number of carbonyl (C=O) groups excluding carboxylic acids is 2. The quantitative estimate of drug-likeness (QED) is 0.239. The van der Waals surface area contributed by atoms with E-state index in [1.54, 1.807) is 30.3 Å². The summed E-state index contributed by atoms with van der Waals surface area (Å²) in [6.45, 7) is 7.43. The fourth-order valence-corrected chi connectivity index (χ4v) is 6.64. The number of hydrogen-bond acceptors (Lipinski definition) is 5. The van der Waals surface area contributed by atoms with Crippen LogP contribution in [0.1, 0.15) is 44.7 Å². The third kappa shape index (κ3) is 8.35. The summed E-state index contributed by atoms with van der Waals surface area (Å²) in [5.41, 5.74) is 2.31. The van der Waals surface area contributed by atoms with E-state index in [1.807, 2.05) is 58.0 Å². The minimum absolute atomic E-state index is 0.000871. The molecule has 0 fully saturated rings. The maximum atomic E-state index is 14.1. The Kier molecular flexibility index (Phi) is 12.0. The van der Waals surface area contributed by atoms with Crippen LogP contribution in [0.25, 0.3) is 0 Å². The molecular weight excluding hydrogens is 618 g/mol. The van der Waals surface area contributed by atoms with E-state index in [2.05, 4.69) is 21.2 Å². The minimum Gasteiger partial charge on any atom is -0.496 e. The van der Waals surface area contributed by atoms with Crippen LogP contribution in [0.4, 0.5) is 5.69 Å². The molecule has 0 heterocycles. The largest absolute Gasteiger partial charge is 0.496 e. The summed E-state index contributed by atoms with van der Waals surface area (Å²) in [4.78, 5) is 29.0. The molecule has 2 atom stereocenters. The van der Waals surface area contributed by atoms with Gasteiger partial charge in [-0.15, -0.1) is 0 Å². The van der Waals surface area contributed by atoms with Crippen LogP contribution in [-0.2, 0) is 26.0 Å². The Morgan fingerprint density at radius 1 is 0.976 bits per heavy atom. The topological polar surface area (TPSA) is 96.0 Å². The van der Waals surface area contributed by atoms with Gasteiger partial charge in [0.05, 0.1) is 22.2 Å². The summed E-state index contributed by atoms with van der Waals surface area (Å²) in [6, 6.07) is 20.3. The Hall–Kier alpha value is -3.37. The highest BCUT2D eigenvalue weighted by Gasteiger charge is 2.34. The molecule has 0 bridgehead atoms. The van der Waals surface area contributed by atoms with E-state index in [0.29, 0.717) is 28.8 Å². The second kappa shape index (κ2) is 15.2. The summed E-state index contributed by atoms with van der Waals surface area (Å²) >= 11 is 3.37. The first-order valence-corrected chi connectivity index (χ1v) is 16.3. The number of benzene rings is 3. The number of sulfonamides is 1. The number of anilines is 1. The average Bonchev–Trinajstić information content (AvgIpc) is 2.98. The van der Waals surface area contributed by atoms with Crippen LogP contribution in [0.5, 0.6) is 5.75 Å². The molecule has 0 radical (unpaired) electrons. The zero-order valence-electron chi connectivity index (χ0n) is 24.8. The lowest BCUT2D eigenvalue weighted by molar-refractivity contribution is -0.139. The highest BCUT2D eigenvalue weighted by Crippen LogP contribution is 2.31. The van der Waals surface area contributed by atoms with Gasteiger partial charge in [0.15, 0.2) is 0 Å². The molecule has 0 unspecified atom stereocenters. The van der Waals surface area contributed by atoms with Crippen molar-refractivity contribution in [2.45, 2.75) is 63.9 Å². The van der Waals surface area contributed by atoms with Gasteiger partial charge in [-0.2, -0.15) is 0 Å². The SMILES string of the molecule is CC[C@H](C)NC(=O)[C@H](CC)N(CCc1ccccc1)C(=O)CN(c1ccc(C)cc1)S(=O)(=O)c1ccc(OC)c(Br)c1. The van der Waals surface area contributed by atoms with Crippen molar-refractivity contribution in [1.29, 1.82) is 0 Å². The van der Waals surface area contributed by atoms with Crippen molar-refractivity contribution in [3.63, 3.8) is 0 Å². The van der Waals surface area contributed by atoms with Crippen molar-refractivity contribution in [3.05, 3.63) is 88.4 Å². The molecule has 1 N–H and O–H groups in total. The van der Waals surface area contributed by atoms with E-state index in [0.717, 1.165) is 21.9 Å². The molecule has 2 amide bonds. The molecule has 0 saturated carbocycles. The van der Waals surface area contributed by atoms with Crippen molar-refractivity contribution >= 4 is 43.5 Å². The Morgan fingerprint density at radius 3 is 2.21 bits per heavy atom. The predicted molar refractivity (Wildman–Crippen MR) is 170 cm³/mol. The normalized spacial score (nSPS) is 12.7. The number of amides is 2. The van der Waals surface area contributed by atoms with Gasteiger partial charge in [-0.05, 0) is 84.9 Å². The number of halogens is 1. The lowest BCUT2D eigenvalue weighted by Gasteiger charge is -2.33. The maximum absolute atomic E-state index is 14.1. The molecule has 0 spiro atoms. The second-order valence-corrected chi connectivity index (χ2v) is 12.9. The number of aryl methyl sites for hydroxylation is 1. The molecule has 226 valence electrons. The van der Waals surface area contributed by atoms with E-state index in [4.69, 9.17) is 4.74 Å². The summed E-state index contributed by atoms with van der Waals surface area (Å²) in [7, 11) is -2.69. The van der Waals surface area contributed by atoms with Gasteiger partial charge in [-0.3, -0.25) is 13.9 Å². The van der Waals surface area contributed by atoms with Gasteiger partial charge in [0.1, 0.15) is 18.3 Å². The summed E-state index contributed by atoms with van der Waals surface area (Å²) in [5, 5.41) is 3.00. The van der Waals surface area contributed by atoms with Crippen LogP contribution < -0.4 is 14.4 Å². The van der Waals surface area contributed by atoms with Gasteiger partial charge in [-0.25, -0.2) is 8.42 Å². The average molecular weight is 659 g/mol. The van der Waals surface area contributed by atoms with Gasteiger partial charge < -0.3 is 15.0 Å². The lowest BCUT2D eigenvalue weighted by Crippen LogP contribution is -2.54. The highest BCUT2D eigenvalue weighted by atomic mass is 79.9. The summed E-state index contributed by atoms with van der Waals surface area (Å²) < 4.78 is 35.0. The van der Waals surface area contributed by atoms with Crippen molar-refractivity contribution in [1.82, 2.24) is 10.2 Å². The van der Waals surface area contributed by atoms with Gasteiger partial charge in [0, 0.05) is 12.6 Å². The molecule has 0 aromatic heterocycles. The van der Waals surface area contributed by atoms with Crippen LogP contribution in [0.3, 0.4) is 0 Å². The fourth-order valence-electron chi connectivity index (χ4n) is 4.51. The number of rotatable bonds is 14. The number of nitrogens with zero attached hydrogens (tertiary/aromatic N) is 2. The summed E-state index contributed by atoms with van der Waals surface area (Å²) in [6.07, 6.45) is 1.64.